The first kappa shape index (κ1) is 22.8. The van der Waals surface area contributed by atoms with Crippen molar-refractivity contribution in [3.8, 4) is 16.9 Å². The fourth-order valence-electron chi connectivity index (χ4n) is 4.62. The minimum absolute atomic E-state index is 0.173. The molecule has 5 rings (SSSR count). The van der Waals surface area contributed by atoms with E-state index < -0.39 is 0 Å². The van der Waals surface area contributed by atoms with Crippen LogP contribution in [0.3, 0.4) is 0 Å². The van der Waals surface area contributed by atoms with Gasteiger partial charge in [0.2, 0.25) is 0 Å². The van der Waals surface area contributed by atoms with Crippen LogP contribution in [0.15, 0.2) is 65.8 Å². The topological polar surface area (TPSA) is 91.9 Å². The summed E-state index contributed by atoms with van der Waals surface area (Å²) >= 11 is 0. The Balaban J connectivity index is 1.31. The third-order valence-electron chi connectivity index (χ3n) is 6.67. The van der Waals surface area contributed by atoms with Crippen molar-refractivity contribution in [3.63, 3.8) is 0 Å². The number of benzene rings is 2. The molecule has 2 aromatic heterocycles. The summed E-state index contributed by atoms with van der Waals surface area (Å²) < 4.78 is 1.81. The summed E-state index contributed by atoms with van der Waals surface area (Å²) in [6.07, 6.45) is 5.68. The van der Waals surface area contributed by atoms with E-state index in [-0.39, 0.29) is 11.7 Å². The molecule has 0 fully saturated rings. The molecule has 0 bridgehead atoms. The third-order valence-corrected chi connectivity index (χ3v) is 6.67. The Labute approximate surface area is 204 Å². The number of hydrogen-bond acceptors (Lipinski definition) is 5. The molecule has 1 amide bonds. The lowest BCUT2D eigenvalue weighted by Gasteiger charge is -2.13. The first-order valence-electron chi connectivity index (χ1n) is 12.1. The fourth-order valence-corrected chi connectivity index (χ4v) is 4.62. The molecular formula is C28H29N5O2. The van der Waals surface area contributed by atoms with Crippen molar-refractivity contribution in [1.82, 2.24) is 19.9 Å². The van der Waals surface area contributed by atoms with Gasteiger partial charge in [-0.2, -0.15) is 0 Å². The van der Waals surface area contributed by atoms with Gasteiger partial charge < -0.3 is 10.4 Å². The smallest absolute Gasteiger partial charge is 0.255 e. The van der Waals surface area contributed by atoms with E-state index >= 15 is 0 Å². The number of aliphatic imine (C=N–C) groups is 1. The van der Waals surface area contributed by atoms with E-state index in [2.05, 4.69) is 40.6 Å². The van der Waals surface area contributed by atoms with Crippen molar-refractivity contribution >= 4 is 23.0 Å². The lowest BCUT2D eigenvalue weighted by atomic mass is 9.95. The van der Waals surface area contributed by atoms with E-state index in [1.54, 1.807) is 18.2 Å². The van der Waals surface area contributed by atoms with Crippen molar-refractivity contribution < 1.29 is 9.90 Å². The molecule has 0 saturated carbocycles. The number of amides is 1. The number of nitrogens with one attached hydrogen (secondary N) is 1. The number of carbonyl (C=O) groups excluding carboxylic acids is 1. The highest BCUT2D eigenvalue weighted by molar-refractivity contribution is 6.01. The predicted octanol–water partition coefficient (Wildman–Crippen LogP) is 5.28. The molecule has 1 aliphatic rings. The number of aromatic nitrogens is 3. The van der Waals surface area contributed by atoms with Crippen LogP contribution < -0.4 is 5.32 Å². The van der Waals surface area contributed by atoms with E-state index in [0.29, 0.717) is 29.5 Å². The van der Waals surface area contributed by atoms with Crippen LogP contribution in [0, 0.1) is 12.8 Å². The number of pyridine rings is 1. The van der Waals surface area contributed by atoms with E-state index in [1.165, 1.54) is 11.3 Å². The lowest BCUT2D eigenvalue weighted by molar-refractivity contribution is 0.0954. The number of hydrogen-bond donors (Lipinski definition) is 2. The Bertz CT molecular complexity index is 1420. The zero-order chi connectivity index (χ0) is 24.4. The quantitative estimate of drug-likeness (QED) is 0.378. The van der Waals surface area contributed by atoms with Gasteiger partial charge in [-0.3, -0.25) is 14.2 Å². The Morgan fingerprint density at radius 2 is 1.97 bits per heavy atom. The molecule has 4 aromatic rings. The molecule has 1 atom stereocenters. The standard InChI is InChI=1S/C28H29N5O2/c1-18-12-13-20-7-3-4-10-26(20)30-25(18)11-6-14-29-28(35)24-16-22(21-8-5-9-23(34)15-21)17-33-19(2)31-32-27(24)33/h3-5,7-10,15-18,34H,6,11-14H2,1-2H3,(H,29,35). The average Bonchev–Trinajstić information content (AvgIpc) is 3.16. The second-order valence-corrected chi connectivity index (χ2v) is 9.16. The van der Waals surface area contributed by atoms with Gasteiger partial charge in [-0.15, -0.1) is 10.2 Å². The molecule has 0 aliphatic carbocycles. The molecule has 0 radical (unpaired) electrons. The number of fused-ring (bicyclic) bond motifs is 2. The average molecular weight is 468 g/mol. The summed E-state index contributed by atoms with van der Waals surface area (Å²) in [6, 6.07) is 17.1. The number of phenols is 1. The number of para-hydroxylation sites is 1. The van der Waals surface area contributed by atoms with E-state index in [4.69, 9.17) is 4.99 Å². The molecule has 35 heavy (non-hydrogen) atoms. The first-order valence-corrected chi connectivity index (χ1v) is 12.1. The minimum atomic E-state index is -0.189. The molecule has 0 spiro atoms. The number of aromatic hydroxyl groups is 1. The van der Waals surface area contributed by atoms with Crippen LogP contribution in [0.5, 0.6) is 5.75 Å². The zero-order valence-corrected chi connectivity index (χ0v) is 20.0. The van der Waals surface area contributed by atoms with Crippen molar-refractivity contribution in [2.24, 2.45) is 10.9 Å². The Kier molecular flexibility index (Phi) is 6.31. The summed E-state index contributed by atoms with van der Waals surface area (Å²) in [7, 11) is 0. The van der Waals surface area contributed by atoms with Gasteiger partial charge in [0, 0.05) is 18.5 Å². The van der Waals surface area contributed by atoms with Crippen LogP contribution in [0.25, 0.3) is 16.8 Å². The highest BCUT2D eigenvalue weighted by Gasteiger charge is 2.18. The monoisotopic (exact) mass is 467 g/mol. The Morgan fingerprint density at radius 1 is 1.11 bits per heavy atom. The third kappa shape index (κ3) is 4.80. The molecule has 7 nitrogen and oxygen atoms in total. The highest BCUT2D eigenvalue weighted by Crippen LogP contribution is 2.29. The van der Waals surface area contributed by atoms with Crippen molar-refractivity contribution in [1.29, 1.82) is 0 Å². The van der Waals surface area contributed by atoms with E-state index in [1.807, 2.05) is 35.7 Å². The number of rotatable bonds is 6. The molecule has 2 N–H and O–H groups in total. The van der Waals surface area contributed by atoms with Crippen LogP contribution in [0.2, 0.25) is 0 Å². The van der Waals surface area contributed by atoms with E-state index in [9.17, 15) is 9.90 Å². The normalized spacial score (nSPS) is 15.4. The Hall–Kier alpha value is -4.00. The minimum Gasteiger partial charge on any atom is -0.508 e. The second-order valence-electron chi connectivity index (χ2n) is 9.16. The van der Waals surface area contributed by atoms with Crippen molar-refractivity contribution in [3.05, 3.63) is 77.7 Å². The van der Waals surface area contributed by atoms with Crippen LogP contribution in [0.4, 0.5) is 5.69 Å². The zero-order valence-electron chi connectivity index (χ0n) is 20.0. The lowest BCUT2D eigenvalue weighted by Crippen LogP contribution is -2.26. The van der Waals surface area contributed by atoms with Gasteiger partial charge in [0.25, 0.3) is 5.91 Å². The Morgan fingerprint density at radius 3 is 2.83 bits per heavy atom. The van der Waals surface area contributed by atoms with Crippen LogP contribution in [-0.2, 0) is 6.42 Å². The van der Waals surface area contributed by atoms with Gasteiger partial charge in [-0.25, -0.2) is 0 Å². The van der Waals surface area contributed by atoms with Gasteiger partial charge >= 0.3 is 0 Å². The predicted molar refractivity (Wildman–Crippen MR) is 137 cm³/mol. The summed E-state index contributed by atoms with van der Waals surface area (Å²) in [5.41, 5.74) is 6.18. The molecule has 0 saturated heterocycles. The van der Waals surface area contributed by atoms with Crippen LogP contribution in [0.1, 0.15) is 47.9 Å². The second kappa shape index (κ2) is 9.70. The summed E-state index contributed by atoms with van der Waals surface area (Å²) in [6.45, 7) is 4.63. The van der Waals surface area contributed by atoms with Gasteiger partial charge in [0.15, 0.2) is 5.65 Å². The SMILES string of the molecule is Cc1nnc2c(C(=O)NCCCC3=Nc4ccccc4CCC3C)cc(-c3cccc(O)c3)cn12. The molecule has 178 valence electrons. The van der Waals surface area contributed by atoms with Crippen molar-refractivity contribution in [2.75, 3.05) is 6.54 Å². The van der Waals surface area contributed by atoms with Gasteiger partial charge in [0.05, 0.1) is 11.3 Å². The fraction of sp³-hybridized carbons (Fsp3) is 0.286. The number of nitrogens with zero attached hydrogens (tertiary/aromatic N) is 4. The van der Waals surface area contributed by atoms with Crippen molar-refractivity contribution in [2.45, 2.75) is 39.5 Å². The first-order chi connectivity index (χ1) is 17.0. The maximum atomic E-state index is 13.2. The maximum absolute atomic E-state index is 13.2. The summed E-state index contributed by atoms with van der Waals surface area (Å²) in [5, 5.41) is 21.3. The molecule has 7 heteroatoms. The maximum Gasteiger partial charge on any atom is 0.255 e. The largest absolute Gasteiger partial charge is 0.508 e. The number of carbonyl (C=O) groups is 1. The molecule has 3 heterocycles. The number of phenolic OH excluding ortho intramolecular Hbond substituents is 1. The summed E-state index contributed by atoms with van der Waals surface area (Å²) in [4.78, 5) is 18.1. The highest BCUT2D eigenvalue weighted by atomic mass is 16.3. The molecule has 1 aliphatic heterocycles. The van der Waals surface area contributed by atoms with Gasteiger partial charge in [0.1, 0.15) is 11.6 Å². The van der Waals surface area contributed by atoms with Gasteiger partial charge in [-0.05, 0) is 79.5 Å². The van der Waals surface area contributed by atoms with Gasteiger partial charge in [-0.1, -0.05) is 37.3 Å². The summed E-state index contributed by atoms with van der Waals surface area (Å²) in [5.74, 6) is 1.10. The number of aryl methyl sites for hydroxylation is 2. The molecular weight excluding hydrogens is 438 g/mol. The van der Waals surface area contributed by atoms with E-state index in [0.717, 1.165) is 42.5 Å². The molecule has 2 aromatic carbocycles. The van der Waals surface area contributed by atoms with Crippen LogP contribution >= 0.6 is 0 Å². The molecule has 1 unspecified atom stereocenters. The van der Waals surface area contributed by atoms with Crippen LogP contribution in [-0.4, -0.2) is 37.9 Å².